The second kappa shape index (κ2) is 5.35. The first kappa shape index (κ1) is 14.4. The first-order valence-corrected chi connectivity index (χ1v) is 5.73. The summed E-state index contributed by atoms with van der Waals surface area (Å²) in [6.45, 7) is 7.26. The van der Waals surface area contributed by atoms with Gasteiger partial charge in [-0.25, -0.2) is 4.39 Å². The maximum Gasteiger partial charge on any atom is 0.253 e. The van der Waals surface area contributed by atoms with E-state index in [0.29, 0.717) is 5.69 Å². The molecular weight excluding hydrogens is 235 g/mol. The number of carbonyl (C=O) groups is 1. The molecule has 1 unspecified atom stereocenters. The highest BCUT2D eigenvalue weighted by atomic mass is 19.1. The van der Waals surface area contributed by atoms with Crippen LogP contribution < -0.4 is 11.1 Å². The monoisotopic (exact) mass is 254 g/mol. The Balaban J connectivity index is 2.67. The normalized spacial score (nSPS) is 13.2. The smallest absolute Gasteiger partial charge is 0.253 e. The number of nitrogens with one attached hydrogen (secondary N) is 1. The average Bonchev–Trinajstić information content (AvgIpc) is 2.21. The molecule has 0 radical (unpaired) electrons. The standard InChI is InChI=1S/C13H19FN2O2/c1-8(18-13(2,3)4)12(17)16-9-5-6-10(14)11(15)7-9/h5-8H,15H2,1-4H3,(H,16,17). The van der Waals surface area contributed by atoms with Gasteiger partial charge in [-0.3, -0.25) is 4.79 Å². The van der Waals surface area contributed by atoms with E-state index in [0.717, 1.165) is 0 Å². The van der Waals surface area contributed by atoms with Gasteiger partial charge in [-0.15, -0.1) is 0 Å². The molecule has 4 nitrogen and oxygen atoms in total. The van der Waals surface area contributed by atoms with Crippen molar-refractivity contribution in [1.82, 2.24) is 0 Å². The quantitative estimate of drug-likeness (QED) is 0.815. The van der Waals surface area contributed by atoms with Crippen molar-refractivity contribution in [2.75, 3.05) is 11.1 Å². The van der Waals surface area contributed by atoms with Gasteiger partial charge in [0.15, 0.2) is 0 Å². The summed E-state index contributed by atoms with van der Waals surface area (Å²) in [7, 11) is 0. The van der Waals surface area contributed by atoms with E-state index < -0.39 is 17.5 Å². The fraction of sp³-hybridized carbons (Fsp3) is 0.462. The summed E-state index contributed by atoms with van der Waals surface area (Å²) in [4.78, 5) is 11.8. The molecule has 1 aromatic rings. The Hall–Kier alpha value is -1.62. The minimum absolute atomic E-state index is 0.00260. The van der Waals surface area contributed by atoms with E-state index in [1.165, 1.54) is 18.2 Å². The molecule has 0 aromatic heterocycles. The van der Waals surface area contributed by atoms with E-state index in [2.05, 4.69) is 5.32 Å². The van der Waals surface area contributed by atoms with Crippen LogP contribution in [0.3, 0.4) is 0 Å². The van der Waals surface area contributed by atoms with Crippen molar-refractivity contribution in [2.24, 2.45) is 0 Å². The van der Waals surface area contributed by atoms with Crippen LogP contribution in [0.25, 0.3) is 0 Å². The van der Waals surface area contributed by atoms with Gasteiger partial charge in [-0.05, 0) is 45.9 Å². The van der Waals surface area contributed by atoms with Gasteiger partial charge in [0.05, 0.1) is 11.3 Å². The molecule has 1 atom stereocenters. The summed E-state index contributed by atoms with van der Waals surface area (Å²) in [6.07, 6.45) is -0.601. The number of nitrogen functional groups attached to an aromatic ring is 1. The zero-order valence-corrected chi connectivity index (χ0v) is 11.1. The number of amides is 1. The Bertz CT molecular complexity index is 441. The zero-order chi connectivity index (χ0) is 13.9. The van der Waals surface area contributed by atoms with Crippen LogP contribution >= 0.6 is 0 Å². The SMILES string of the molecule is CC(OC(C)(C)C)C(=O)Nc1ccc(F)c(N)c1. The number of halogens is 1. The highest BCUT2D eigenvalue weighted by Crippen LogP contribution is 2.17. The largest absolute Gasteiger partial charge is 0.396 e. The predicted octanol–water partition coefficient (Wildman–Crippen LogP) is 2.55. The summed E-state index contributed by atoms with van der Waals surface area (Å²) in [5.41, 5.74) is 5.46. The van der Waals surface area contributed by atoms with Crippen molar-refractivity contribution in [3.05, 3.63) is 24.0 Å². The first-order chi connectivity index (χ1) is 8.19. The lowest BCUT2D eigenvalue weighted by atomic mass is 10.2. The first-order valence-electron chi connectivity index (χ1n) is 5.73. The van der Waals surface area contributed by atoms with E-state index >= 15 is 0 Å². The van der Waals surface area contributed by atoms with Crippen molar-refractivity contribution in [3.8, 4) is 0 Å². The third-order valence-electron chi connectivity index (χ3n) is 2.16. The summed E-state index contributed by atoms with van der Waals surface area (Å²) in [6, 6.07) is 4.03. The molecule has 0 aliphatic carbocycles. The lowest BCUT2D eigenvalue weighted by Gasteiger charge is -2.24. The molecule has 3 N–H and O–H groups in total. The number of benzene rings is 1. The minimum Gasteiger partial charge on any atom is -0.396 e. The number of nitrogens with two attached hydrogens (primary N) is 1. The van der Waals surface area contributed by atoms with Crippen LogP contribution in [0.5, 0.6) is 0 Å². The van der Waals surface area contributed by atoms with Crippen molar-refractivity contribution in [3.63, 3.8) is 0 Å². The Kier molecular flexibility index (Phi) is 4.29. The molecule has 0 bridgehead atoms. The predicted molar refractivity (Wildman–Crippen MR) is 69.7 cm³/mol. The maximum absolute atomic E-state index is 13.0. The number of ether oxygens (including phenoxy) is 1. The number of hydrogen-bond acceptors (Lipinski definition) is 3. The summed E-state index contributed by atoms with van der Waals surface area (Å²) in [5, 5.41) is 2.62. The van der Waals surface area contributed by atoms with Crippen LogP contribution in [0, 0.1) is 5.82 Å². The Morgan fingerprint density at radius 3 is 2.56 bits per heavy atom. The van der Waals surface area contributed by atoms with Gasteiger partial charge in [0, 0.05) is 5.69 Å². The molecule has 0 saturated heterocycles. The van der Waals surface area contributed by atoms with Gasteiger partial charge >= 0.3 is 0 Å². The van der Waals surface area contributed by atoms with Crippen molar-refractivity contribution < 1.29 is 13.9 Å². The lowest BCUT2D eigenvalue weighted by Crippen LogP contribution is -2.34. The van der Waals surface area contributed by atoms with Gasteiger partial charge in [-0.2, -0.15) is 0 Å². The van der Waals surface area contributed by atoms with E-state index in [4.69, 9.17) is 10.5 Å². The number of rotatable bonds is 3. The number of carbonyl (C=O) groups excluding carboxylic acids is 1. The Morgan fingerprint density at radius 1 is 1.44 bits per heavy atom. The molecule has 5 heteroatoms. The Morgan fingerprint density at radius 2 is 2.06 bits per heavy atom. The highest BCUT2D eigenvalue weighted by Gasteiger charge is 2.21. The van der Waals surface area contributed by atoms with E-state index in [9.17, 15) is 9.18 Å². The van der Waals surface area contributed by atoms with Gasteiger partial charge < -0.3 is 15.8 Å². The summed E-state index contributed by atoms with van der Waals surface area (Å²) in [5.74, 6) is -0.803. The molecular formula is C13H19FN2O2. The molecule has 0 aliphatic heterocycles. The second-order valence-corrected chi connectivity index (χ2v) is 5.10. The average molecular weight is 254 g/mol. The fourth-order valence-corrected chi connectivity index (χ4v) is 1.45. The second-order valence-electron chi connectivity index (χ2n) is 5.10. The minimum atomic E-state index is -0.601. The van der Waals surface area contributed by atoms with E-state index in [1.54, 1.807) is 6.92 Å². The van der Waals surface area contributed by atoms with Crippen LogP contribution in [-0.4, -0.2) is 17.6 Å². The van der Waals surface area contributed by atoms with Gasteiger partial charge in [0.1, 0.15) is 11.9 Å². The number of hydrogen-bond donors (Lipinski definition) is 2. The van der Waals surface area contributed by atoms with Crippen LogP contribution in [0.2, 0.25) is 0 Å². The molecule has 0 fully saturated rings. The van der Waals surface area contributed by atoms with Crippen LogP contribution in [0.1, 0.15) is 27.7 Å². The molecule has 0 spiro atoms. The van der Waals surface area contributed by atoms with Gasteiger partial charge in [-0.1, -0.05) is 0 Å². The molecule has 1 amide bonds. The fourth-order valence-electron chi connectivity index (χ4n) is 1.45. The Labute approximate surface area is 106 Å². The molecule has 0 heterocycles. The van der Waals surface area contributed by atoms with Gasteiger partial charge in [0.2, 0.25) is 0 Å². The highest BCUT2D eigenvalue weighted by molar-refractivity contribution is 5.94. The van der Waals surface area contributed by atoms with E-state index in [1.807, 2.05) is 20.8 Å². The van der Waals surface area contributed by atoms with Crippen LogP contribution in [-0.2, 0) is 9.53 Å². The van der Waals surface area contributed by atoms with E-state index in [-0.39, 0.29) is 11.6 Å². The van der Waals surface area contributed by atoms with Gasteiger partial charge in [0.25, 0.3) is 5.91 Å². The third-order valence-corrected chi connectivity index (χ3v) is 2.16. The molecule has 18 heavy (non-hydrogen) atoms. The topological polar surface area (TPSA) is 64.3 Å². The molecule has 0 aliphatic rings. The molecule has 1 aromatic carbocycles. The molecule has 1 rings (SSSR count). The lowest BCUT2D eigenvalue weighted by molar-refractivity contribution is -0.135. The summed E-state index contributed by atoms with van der Waals surface area (Å²) >= 11 is 0. The van der Waals surface area contributed by atoms with Crippen molar-refractivity contribution >= 4 is 17.3 Å². The van der Waals surface area contributed by atoms with Crippen molar-refractivity contribution in [1.29, 1.82) is 0 Å². The summed E-state index contributed by atoms with van der Waals surface area (Å²) < 4.78 is 18.5. The molecule has 100 valence electrons. The number of anilines is 2. The third kappa shape index (κ3) is 4.33. The van der Waals surface area contributed by atoms with Crippen molar-refractivity contribution in [2.45, 2.75) is 39.4 Å². The van der Waals surface area contributed by atoms with Crippen LogP contribution in [0.4, 0.5) is 15.8 Å². The maximum atomic E-state index is 13.0. The molecule has 0 saturated carbocycles. The zero-order valence-electron chi connectivity index (χ0n) is 11.1. The van der Waals surface area contributed by atoms with Crippen LogP contribution in [0.15, 0.2) is 18.2 Å².